The van der Waals surface area contributed by atoms with Crippen molar-refractivity contribution < 1.29 is 38.0 Å². The molecule has 7 rings (SSSR count). The number of fused-ring (bicyclic) bond motifs is 2. The number of nitrogens with one attached hydrogen (secondary N) is 6. The highest BCUT2D eigenvalue weighted by Gasteiger charge is 2.45. The lowest BCUT2D eigenvalue weighted by Crippen LogP contribution is -2.54. The van der Waals surface area contributed by atoms with E-state index in [0.29, 0.717) is 71.2 Å². The molecule has 4 aliphatic rings. The van der Waals surface area contributed by atoms with Crippen molar-refractivity contribution in [2.24, 2.45) is 0 Å². The highest BCUT2D eigenvalue weighted by molar-refractivity contribution is 6.35. The number of anilines is 2. The number of aromatic amines is 1. The van der Waals surface area contributed by atoms with Gasteiger partial charge in [-0.15, -0.1) is 0 Å². The van der Waals surface area contributed by atoms with Gasteiger partial charge < -0.3 is 31.2 Å². The molecule has 7 amide bonds. The average Bonchev–Trinajstić information content (AvgIpc) is 3.81. The minimum Gasteiger partial charge on any atom is -0.384 e. The Morgan fingerprint density at radius 3 is 2.32 bits per heavy atom. The molecule has 3 aromatic rings. The van der Waals surface area contributed by atoms with E-state index >= 15 is 0 Å². The summed E-state index contributed by atoms with van der Waals surface area (Å²) < 4.78 is 13.9. The van der Waals surface area contributed by atoms with Crippen LogP contribution in [0.15, 0.2) is 36.4 Å². The second-order valence-corrected chi connectivity index (χ2v) is 16.3. The third-order valence-electron chi connectivity index (χ3n) is 12.0. The molecule has 5 heterocycles. The van der Waals surface area contributed by atoms with Crippen molar-refractivity contribution >= 4 is 64.4 Å². The maximum absolute atomic E-state index is 13.9. The monoisotopic (exact) mass is 851 g/mol. The topological polar surface area (TPSA) is 205 Å². The number of rotatable bonds is 18. The average molecular weight is 852 g/mol. The molecular formula is C45H54FN9O7. The Bertz CT molecular complexity index is 2300. The van der Waals surface area contributed by atoms with Crippen molar-refractivity contribution in [1.82, 2.24) is 35.6 Å². The largest absolute Gasteiger partial charge is 0.384 e. The number of aryl methyl sites for hydroxylation is 1. The summed E-state index contributed by atoms with van der Waals surface area (Å²) in [5.41, 5.74) is 4.99. The van der Waals surface area contributed by atoms with Crippen LogP contribution >= 0.6 is 0 Å². The zero-order valence-corrected chi connectivity index (χ0v) is 35.2. The predicted molar refractivity (Wildman–Crippen MR) is 231 cm³/mol. The lowest BCUT2D eigenvalue weighted by molar-refractivity contribution is -0.136. The Hall–Kier alpha value is -6.20. The molecule has 0 spiro atoms. The van der Waals surface area contributed by atoms with E-state index in [1.54, 1.807) is 24.3 Å². The van der Waals surface area contributed by atoms with E-state index in [-0.39, 0.29) is 41.7 Å². The van der Waals surface area contributed by atoms with Crippen LogP contribution in [0.25, 0.3) is 11.6 Å². The molecule has 17 heteroatoms. The number of carbonyl (C=O) groups excluding carboxylic acids is 7. The van der Waals surface area contributed by atoms with E-state index in [2.05, 4.69) is 41.4 Å². The van der Waals surface area contributed by atoms with Gasteiger partial charge in [-0.05, 0) is 88.0 Å². The summed E-state index contributed by atoms with van der Waals surface area (Å²) >= 11 is 0. The Morgan fingerprint density at radius 1 is 0.823 bits per heavy atom. The summed E-state index contributed by atoms with van der Waals surface area (Å²) in [4.78, 5) is 97.4. The van der Waals surface area contributed by atoms with Gasteiger partial charge in [0.15, 0.2) is 0 Å². The maximum Gasteiger partial charge on any atom is 0.264 e. The fraction of sp³-hybridized carbons (Fsp3) is 0.444. The van der Waals surface area contributed by atoms with Crippen LogP contribution in [0.4, 0.5) is 15.8 Å². The smallest absolute Gasteiger partial charge is 0.264 e. The molecule has 0 bridgehead atoms. The first kappa shape index (κ1) is 43.9. The van der Waals surface area contributed by atoms with Crippen molar-refractivity contribution in [3.05, 3.63) is 81.4 Å². The van der Waals surface area contributed by atoms with Crippen molar-refractivity contribution in [3.8, 4) is 0 Å². The number of benzene rings is 2. The number of aromatic nitrogens is 1. The zero-order valence-electron chi connectivity index (χ0n) is 35.2. The third kappa shape index (κ3) is 9.95. The minimum atomic E-state index is -1.00. The van der Waals surface area contributed by atoms with Crippen LogP contribution in [0.3, 0.4) is 0 Å². The quantitative estimate of drug-likeness (QED) is 0.0624. The number of H-pyrrole nitrogens is 1. The number of nitrogens with zero attached hydrogens (tertiary/aromatic N) is 3. The molecule has 2 fully saturated rings. The summed E-state index contributed by atoms with van der Waals surface area (Å²) in [6.45, 7) is 9.81. The fourth-order valence-electron chi connectivity index (χ4n) is 8.62. The number of imide groups is 2. The fourth-order valence-corrected chi connectivity index (χ4v) is 8.62. The first-order chi connectivity index (χ1) is 29.9. The van der Waals surface area contributed by atoms with Crippen molar-refractivity contribution in [1.29, 1.82) is 0 Å². The lowest BCUT2D eigenvalue weighted by atomic mass is 10.0. The number of unbranched alkanes of at least 4 members (excludes halogenated alkanes) is 4. The van der Waals surface area contributed by atoms with E-state index in [9.17, 15) is 38.0 Å². The zero-order chi connectivity index (χ0) is 43.9. The summed E-state index contributed by atoms with van der Waals surface area (Å²) in [5.74, 6) is -3.03. The lowest BCUT2D eigenvalue weighted by Gasteiger charge is -2.34. The molecule has 1 unspecified atom stereocenters. The van der Waals surface area contributed by atoms with Gasteiger partial charge in [0.05, 0.1) is 28.8 Å². The second kappa shape index (κ2) is 19.7. The number of carbonyl (C=O) groups is 7. The van der Waals surface area contributed by atoms with Crippen molar-refractivity contribution in [2.45, 2.75) is 71.3 Å². The highest BCUT2D eigenvalue weighted by Crippen LogP contribution is 2.35. The molecule has 1 aromatic heterocycles. The number of piperazine rings is 1. The second-order valence-electron chi connectivity index (χ2n) is 16.3. The number of hydrogen-bond donors (Lipinski definition) is 6. The maximum atomic E-state index is 13.9. The molecule has 2 saturated heterocycles. The van der Waals surface area contributed by atoms with E-state index in [1.165, 1.54) is 18.2 Å². The molecule has 0 saturated carbocycles. The van der Waals surface area contributed by atoms with Gasteiger partial charge in [0.2, 0.25) is 17.7 Å². The Kier molecular flexibility index (Phi) is 13.9. The van der Waals surface area contributed by atoms with Gasteiger partial charge in [0.25, 0.3) is 23.6 Å². The van der Waals surface area contributed by atoms with Gasteiger partial charge >= 0.3 is 0 Å². The van der Waals surface area contributed by atoms with Crippen LogP contribution in [0, 0.1) is 19.7 Å². The van der Waals surface area contributed by atoms with Crippen LogP contribution in [0.2, 0.25) is 0 Å². The first-order valence-electron chi connectivity index (χ1n) is 21.5. The number of halogens is 1. The Morgan fingerprint density at radius 2 is 1.55 bits per heavy atom. The van der Waals surface area contributed by atoms with Gasteiger partial charge in [0, 0.05) is 80.6 Å². The Labute approximate surface area is 359 Å². The first-order valence-corrected chi connectivity index (χ1v) is 21.5. The SMILES string of the molecule is Cc1[nH]c(/C=C2\C(=O)Nc3ccc(F)cc32)c(C)c1C(=O)NCCCN1CCN(CC(=O)NCCCCCCCNc2cccc3c2C(=O)N(C2CCC(=O)NC2=O)C3=O)CC1. The normalized spacial score (nSPS) is 18.5. The van der Waals surface area contributed by atoms with Crippen LogP contribution < -0.4 is 26.6 Å². The van der Waals surface area contributed by atoms with Crippen LogP contribution in [-0.4, -0.2) is 126 Å². The van der Waals surface area contributed by atoms with E-state index in [1.807, 2.05) is 13.8 Å². The van der Waals surface area contributed by atoms with Gasteiger partial charge in [0.1, 0.15) is 11.9 Å². The molecule has 0 radical (unpaired) electrons. The summed E-state index contributed by atoms with van der Waals surface area (Å²) in [6, 6.07) is 8.20. The summed E-state index contributed by atoms with van der Waals surface area (Å²) in [6.07, 6.45) is 7.26. The van der Waals surface area contributed by atoms with Gasteiger partial charge in [-0.25, -0.2) is 4.39 Å². The van der Waals surface area contributed by atoms with Gasteiger partial charge in [-0.2, -0.15) is 0 Å². The van der Waals surface area contributed by atoms with Crippen LogP contribution in [0.5, 0.6) is 0 Å². The molecule has 1 atom stereocenters. The summed E-state index contributed by atoms with van der Waals surface area (Å²) in [7, 11) is 0. The number of piperidine rings is 1. The van der Waals surface area contributed by atoms with E-state index in [0.717, 1.165) is 76.1 Å². The molecular weight excluding hydrogens is 798 g/mol. The van der Waals surface area contributed by atoms with E-state index < -0.39 is 35.5 Å². The van der Waals surface area contributed by atoms with Gasteiger partial charge in [-0.3, -0.25) is 48.7 Å². The highest BCUT2D eigenvalue weighted by atomic mass is 19.1. The Balaban J connectivity index is 0.725. The number of hydrogen-bond acceptors (Lipinski definition) is 10. The predicted octanol–water partition coefficient (Wildman–Crippen LogP) is 3.58. The molecule has 2 aromatic carbocycles. The third-order valence-corrected chi connectivity index (χ3v) is 12.0. The molecule has 328 valence electrons. The van der Waals surface area contributed by atoms with Crippen molar-refractivity contribution in [2.75, 3.05) is 69.5 Å². The minimum absolute atomic E-state index is 0.0184. The van der Waals surface area contributed by atoms with Gasteiger partial charge in [-0.1, -0.05) is 25.3 Å². The summed E-state index contributed by atoms with van der Waals surface area (Å²) in [5, 5.41) is 14.3. The molecule has 62 heavy (non-hydrogen) atoms. The molecule has 16 nitrogen and oxygen atoms in total. The van der Waals surface area contributed by atoms with Crippen LogP contribution in [-0.2, 0) is 19.2 Å². The van der Waals surface area contributed by atoms with Crippen LogP contribution in [0.1, 0.15) is 105 Å². The van der Waals surface area contributed by atoms with Crippen molar-refractivity contribution in [3.63, 3.8) is 0 Å². The van der Waals surface area contributed by atoms with E-state index in [4.69, 9.17) is 0 Å². The molecule has 4 aliphatic heterocycles. The standard InChI is InChI=1S/C45H54FN9O7/c1-27-35(25-32-31-24-29(46)12-13-33(31)51-41(32)58)50-28(2)39(27)43(60)49-18-9-19-53-20-22-54(23-21-53)26-38(57)48-17-7-5-3-4-6-16-47-34-11-8-10-30-40(34)45(62)55(44(30)61)36-14-15-37(56)52-42(36)59/h8,10-13,24-25,36,47,50H,3-7,9,14-23,26H2,1-2H3,(H,48,57)(H,49,60)(H,51,58)(H,52,56,59)/b32-25-. The molecule has 0 aliphatic carbocycles. The number of amides is 7. The molecule has 6 N–H and O–H groups in total.